The van der Waals surface area contributed by atoms with Crippen molar-refractivity contribution in [2.75, 3.05) is 10.7 Å². The molecule has 2 aromatic rings. The highest BCUT2D eigenvalue weighted by molar-refractivity contribution is 6.13. The first-order valence-electron chi connectivity index (χ1n) is 7.76. The van der Waals surface area contributed by atoms with Crippen molar-refractivity contribution in [2.24, 2.45) is 5.84 Å². The van der Waals surface area contributed by atoms with Crippen molar-refractivity contribution < 1.29 is 9.59 Å². The number of hydrazine groups is 1. The molecule has 0 aliphatic heterocycles. The number of rotatable bonds is 4. The van der Waals surface area contributed by atoms with E-state index in [4.69, 9.17) is 5.84 Å². The van der Waals surface area contributed by atoms with Crippen molar-refractivity contribution >= 4 is 23.1 Å². The minimum absolute atomic E-state index is 0.0247. The lowest BCUT2D eigenvalue weighted by Gasteiger charge is -2.19. The number of anilines is 2. The fraction of sp³-hybridized carbons (Fsp3) is 0.263. The summed E-state index contributed by atoms with van der Waals surface area (Å²) in [6.07, 6.45) is 0. The van der Waals surface area contributed by atoms with Gasteiger partial charge in [-0.2, -0.15) is 0 Å². The Balaban J connectivity index is 2.39. The van der Waals surface area contributed by atoms with Crippen molar-refractivity contribution in [1.82, 2.24) is 0 Å². The van der Waals surface area contributed by atoms with Crippen LogP contribution in [0, 0.1) is 0 Å². The molecule has 2 rings (SSSR count). The Labute approximate surface area is 142 Å². The van der Waals surface area contributed by atoms with Crippen LogP contribution in [0.2, 0.25) is 0 Å². The summed E-state index contributed by atoms with van der Waals surface area (Å²) in [6, 6.07) is 12.5. The molecule has 0 aliphatic rings. The second-order valence-electron chi connectivity index (χ2n) is 6.74. The molecule has 2 aromatic carbocycles. The third-order valence-corrected chi connectivity index (χ3v) is 3.75. The number of nitrogens with two attached hydrogens (primary N) is 1. The summed E-state index contributed by atoms with van der Waals surface area (Å²) in [5.74, 6) is 5.15. The first-order valence-corrected chi connectivity index (χ1v) is 7.76. The summed E-state index contributed by atoms with van der Waals surface area (Å²) in [5, 5.41) is 2.67. The first kappa shape index (κ1) is 17.7. The van der Waals surface area contributed by atoms with Crippen molar-refractivity contribution in [1.29, 1.82) is 0 Å². The molecular formula is C19H23N3O2. The highest BCUT2D eigenvalue weighted by Crippen LogP contribution is 2.26. The zero-order chi connectivity index (χ0) is 17.9. The fourth-order valence-electron chi connectivity index (χ4n) is 2.42. The smallest absolute Gasteiger partial charge is 0.221 e. The van der Waals surface area contributed by atoms with Gasteiger partial charge in [0.05, 0.1) is 5.69 Å². The molecule has 126 valence electrons. The molecule has 0 fully saturated rings. The Morgan fingerprint density at radius 3 is 2.12 bits per heavy atom. The van der Waals surface area contributed by atoms with Gasteiger partial charge < -0.3 is 10.7 Å². The SMILES string of the molecule is CC(=O)Nc1ccc(NN)c(C(=O)c2ccc(C(C)(C)C)cc2)c1. The lowest BCUT2D eigenvalue weighted by Crippen LogP contribution is -2.15. The van der Waals surface area contributed by atoms with Gasteiger partial charge in [0.1, 0.15) is 0 Å². The highest BCUT2D eigenvalue weighted by atomic mass is 16.1. The molecule has 0 aromatic heterocycles. The molecule has 0 saturated carbocycles. The predicted molar refractivity (Wildman–Crippen MR) is 97.1 cm³/mol. The van der Waals surface area contributed by atoms with Gasteiger partial charge in [-0.25, -0.2) is 0 Å². The van der Waals surface area contributed by atoms with E-state index in [0.29, 0.717) is 22.5 Å². The molecule has 4 N–H and O–H groups in total. The van der Waals surface area contributed by atoms with Crippen LogP contribution in [0.4, 0.5) is 11.4 Å². The number of amides is 1. The minimum Gasteiger partial charge on any atom is -0.326 e. The Kier molecular flexibility index (Phi) is 5.04. The summed E-state index contributed by atoms with van der Waals surface area (Å²) in [5.41, 5.74) is 5.75. The van der Waals surface area contributed by atoms with Crippen LogP contribution in [-0.2, 0) is 10.2 Å². The lowest BCUT2D eigenvalue weighted by atomic mass is 9.86. The third kappa shape index (κ3) is 4.00. The van der Waals surface area contributed by atoms with Gasteiger partial charge in [-0.3, -0.25) is 15.4 Å². The summed E-state index contributed by atoms with van der Waals surface area (Å²) < 4.78 is 0. The molecular weight excluding hydrogens is 302 g/mol. The maximum Gasteiger partial charge on any atom is 0.221 e. The quantitative estimate of drug-likeness (QED) is 0.456. The average molecular weight is 325 g/mol. The van der Waals surface area contributed by atoms with Crippen LogP contribution in [0.25, 0.3) is 0 Å². The van der Waals surface area contributed by atoms with E-state index in [1.807, 2.05) is 24.3 Å². The number of benzene rings is 2. The predicted octanol–water partition coefficient (Wildman–Crippen LogP) is 3.46. The highest BCUT2D eigenvalue weighted by Gasteiger charge is 2.17. The van der Waals surface area contributed by atoms with E-state index >= 15 is 0 Å². The molecule has 0 radical (unpaired) electrons. The second kappa shape index (κ2) is 6.84. The zero-order valence-electron chi connectivity index (χ0n) is 14.4. The van der Waals surface area contributed by atoms with E-state index in [-0.39, 0.29) is 17.1 Å². The van der Waals surface area contributed by atoms with E-state index in [9.17, 15) is 9.59 Å². The molecule has 5 nitrogen and oxygen atoms in total. The molecule has 5 heteroatoms. The number of hydrogen-bond donors (Lipinski definition) is 3. The molecule has 1 amide bonds. The van der Waals surface area contributed by atoms with Crippen LogP contribution in [0.5, 0.6) is 0 Å². The lowest BCUT2D eigenvalue weighted by molar-refractivity contribution is -0.114. The standard InChI is InChI=1S/C19H23N3O2/c1-12(23)21-15-9-10-17(22-20)16(11-15)18(24)13-5-7-14(8-6-13)19(2,3)4/h5-11,22H,20H2,1-4H3,(H,21,23). The van der Waals surface area contributed by atoms with E-state index in [1.54, 1.807) is 18.2 Å². The van der Waals surface area contributed by atoms with Crippen molar-refractivity contribution in [3.63, 3.8) is 0 Å². The molecule has 0 heterocycles. The Morgan fingerprint density at radius 1 is 1.00 bits per heavy atom. The van der Waals surface area contributed by atoms with E-state index in [2.05, 4.69) is 31.5 Å². The minimum atomic E-state index is -0.198. The van der Waals surface area contributed by atoms with Crippen molar-refractivity contribution in [3.8, 4) is 0 Å². The van der Waals surface area contributed by atoms with E-state index in [1.165, 1.54) is 6.92 Å². The van der Waals surface area contributed by atoms with Gasteiger partial charge in [0.2, 0.25) is 5.91 Å². The number of carbonyl (C=O) groups is 2. The topological polar surface area (TPSA) is 84.2 Å². The maximum atomic E-state index is 12.8. The van der Waals surface area contributed by atoms with Crippen LogP contribution in [0.1, 0.15) is 49.2 Å². The van der Waals surface area contributed by atoms with Crippen LogP contribution < -0.4 is 16.6 Å². The van der Waals surface area contributed by atoms with Crippen LogP contribution >= 0.6 is 0 Å². The summed E-state index contributed by atoms with van der Waals surface area (Å²) >= 11 is 0. The first-order chi connectivity index (χ1) is 11.2. The number of nitrogen functional groups attached to an aromatic ring is 1. The van der Waals surface area contributed by atoms with Gasteiger partial charge in [-0.05, 0) is 29.2 Å². The molecule has 0 saturated heterocycles. The molecule has 24 heavy (non-hydrogen) atoms. The number of carbonyl (C=O) groups excluding carboxylic acids is 2. The molecule has 0 bridgehead atoms. The molecule has 0 unspecified atom stereocenters. The largest absolute Gasteiger partial charge is 0.326 e. The Bertz CT molecular complexity index is 759. The zero-order valence-corrected chi connectivity index (χ0v) is 14.4. The Morgan fingerprint density at radius 2 is 1.62 bits per heavy atom. The fourth-order valence-corrected chi connectivity index (χ4v) is 2.42. The van der Waals surface area contributed by atoms with Crippen molar-refractivity contribution in [3.05, 3.63) is 59.2 Å². The third-order valence-electron chi connectivity index (χ3n) is 3.75. The van der Waals surface area contributed by atoms with Gasteiger partial charge in [-0.1, -0.05) is 45.0 Å². The maximum absolute atomic E-state index is 12.8. The summed E-state index contributed by atoms with van der Waals surface area (Å²) in [6.45, 7) is 7.79. The van der Waals surface area contributed by atoms with E-state index in [0.717, 1.165) is 5.56 Å². The average Bonchev–Trinajstić information content (AvgIpc) is 2.53. The van der Waals surface area contributed by atoms with Crippen molar-refractivity contribution in [2.45, 2.75) is 33.1 Å². The van der Waals surface area contributed by atoms with Gasteiger partial charge >= 0.3 is 0 Å². The number of ketones is 1. The Hall–Kier alpha value is -2.66. The monoisotopic (exact) mass is 325 g/mol. The van der Waals surface area contributed by atoms with Crippen LogP contribution in [0.3, 0.4) is 0 Å². The van der Waals surface area contributed by atoms with E-state index < -0.39 is 0 Å². The normalized spacial score (nSPS) is 11.0. The van der Waals surface area contributed by atoms with Gasteiger partial charge in [0.25, 0.3) is 0 Å². The molecule has 0 spiro atoms. The molecule has 0 atom stereocenters. The van der Waals surface area contributed by atoms with Gasteiger partial charge in [0, 0.05) is 23.7 Å². The van der Waals surface area contributed by atoms with Crippen LogP contribution in [0.15, 0.2) is 42.5 Å². The van der Waals surface area contributed by atoms with Gasteiger partial charge in [-0.15, -0.1) is 0 Å². The summed E-state index contributed by atoms with van der Waals surface area (Å²) in [7, 11) is 0. The molecule has 0 aliphatic carbocycles. The second-order valence-corrected chi connectivity index (χ2v) is 6.74. The van der Waals surface area contributed by atoms with Crippen LogP contribution in [-0.4, -0.2) is 11.7 Å². The number of hydrogen-bond acceptors (Lipinski definition) is 4. The number of nitrogens with one attached hydrogen (secondary N) is 2. The van der Waals surface area contributed by atoms with Gasteiger partial charge in [0.15, 0.2) is 5.78 Å². The summed E-state index contributed by atoms with van der Waals surface area (Å²) in [4.78, 5) is 24.0.